The molecule has 20 heavy (non-hydrogen) atoms. The maximum atomic E-state index is 13.6. The van der Waals surface area contributed by atoms with Crippen molar-refractivity contribution in [2.75, 3.05) is 0 Å². The maximum Gasteiger partial charge on any atom is 0.315 e. The fraction of sp³-hybridized carbons (Fsp3) is 0.188. The zero-order valence-corrected chi connectivity index (χ0v) is 11.3. The average molecular weight is 291 g/mol. The van der Waals surface area contributed by atoms with Crippen molar-refractivity contribution in [3.8, 4) is 5.75 Å². The van der Waals surface area contributed by atoms with Gasteiger partial charge in [0, 0.05) is 0 Å². The molecule has 0 bridgehead atoms. The van der Waals surface area contributed by atoms with Gasteiger partial charge in [-0.3, -0.25) is 4.79 Å². The molecular formula is C16H12ClFO2. The molecule has 0 aliphatic heterocycles. The SMILES string of the molecule is O=C(Oc1c(F)cccc1Cl)C1CC1c1ccccc1. The van der Waals surface area contributed by atoms with Gasteiger partial charge in [-0.2, -0.15) is 0 Å². The third kappa shape index (κ3) is 2.54. The summed E-state index contributed by atoms with van der Waals surface area (Å²) in [4.78, 5) is 12.0. The molecule has 1 aliphatic rings. The first-order chi connectivity index (χ1) is 9.66. The van der Waals surface area contributed by atoms with Crippen molar-refractivity contribution in [3.05, 3.63) is 64.9 Å². The Morgan fingerprint density at radius 2 is 1.90 bits per heavy atom. The topological polar surface area (TPSA) is 26.3 Å². The van der Waals surface area contributed by atoms with E-state index in [0.29, 0.717) is 0 Å². The van der Waals surface area contributed by atoms with Crippen LogP contribution in [0.3, 0.4) is 0 Å². The first-order valence-electron chi connectivity index (χ1n) is 6.37. The van der Waals surface area contributed by atoms with Crippen LogP contribution in [0.2, 0.25) is 5.02 Å². The molecule has 0 saturated heterocycles. The van der Waals surface area contributed by atoms with Crippen molar-refractivity contribution in [2.45, 2.75) is 12.3 Å². The Kier molecular flexibility index (Phi) is 3.45. The number of carbonyl (C=O) groups excluding carboxylic acids is 1. The summed E-state index contributed by atoms with van der Waals surface area (Å²) in [7, 11) is 0. The summed E-state index contributed by atoms with van der Waals surface area (Å²) in [6.07, 6.45) is 0.731. The summed E-state index contributed by atoms with van der Waals surface area (Å²) in [5.41, 5.74) is 1.11. The normalized spacial score (nSPS) is 20.5. The molecule has 2 atom stereocenters. The van der Waals surface area contributed by atoms with Crippen LogP contribution >= 0.6 is 11.6 Å². The highest BCUT2D eigenvalue weighted by Crippen LogP contribution is 2.48. The molecule has 1 aliphatic carbocycles. The van der Waals surface area contributed by atoms with Crippen LogP contribution < -0.4 is 4.74 Å². The summed E-state index contributed by atoms with van der Waals surface area (Å²) >= 11 is 5.83. The predicted octanol–water partition coefficient (Wildman–Crippen LogP) is 4.19. The number of benzene rings is 2. The molecule has 2 aromatic rings. The lowest BCUT2D eigenvalue weighted by molar-refractivity contribution is -0.136. The number of carbonyl (C=O) groups is 1. The maximum absolute atomic E-state index is 13.6. The summed E-state index contributed by atoms with van der Waals surface area (Å²) in [5.74, 6) is -1.28. The number of hydrogen-bond acceptors (Lipinski definition) is 2. The van der Waals surface area contributed by atoms with Crippen LogP contribution in [-0.2, 0) is 4.79 Å². The molecule has 0 radical (unpaired) electrons. The number of para-hydroxylation sites is 1. The third-order valence-corrected chi connectivity index (χ3v) is 3.74. The monoisotopic (exact) mass is 290 g/mol. The van der Waals surface area contributed by atoms with Gasteiger partial charge in [-0.25, -0.2) is 4.39 Å². The molecule has 0 amide bonds. The van der Waals surface area contributed by atoms with E-state index in [9.17, 15) is 9.18 Å². The van der Waals surface area contributed by atoms with E-state index in [1.165, 1.54) is 18.2 Å². The Morgan fingerprint density at radius 1 is 1.15 bits per heavy atom. The Labute approximate surface area is 121 Å². The van der Waals surface area contributed by atoms with Gasteiger partial charge in [0.2, 0.25) is 0 Å². The third-order valence-electron chi connectivity index (χ3n) is 3.44. The van der Waals surface area contributed by atoms with Crippen molar-refractivity contribution in [1.29, 1.82) is 0 Å². The van der Waals surface area contributed by atoms with Crippen LogP contribution in [0, 0.1) is 11.7 Å². The molecule has 2 nitrogen and oxygen atoms in total. The molecule has 1 fully saturated rings. The van der Waals surface area contributed by atoms with Crippen LogP contribution in [0.25, 0.3) is 0 Å². The number of ether oxygens (including phenoxy) is 1. The van der Waals surface area contributed by atoms with E-state index in [1.807, 2.05) is 30.3 Å². The van der Waals surface area contributed by atoms with Crippen molar-refractivity contribution >= 4 is 17.6 Å². The highest BCUT2D eigenvalue weighted by Gasteiger charge is 2.45. The summed E-state index contributed by atoms with van der Waals surface area (Å²) in [6.45, 7) is 0. The quantitative estimate of drug-likeness (QED) is 0.626. The highest BCUT2D eigenvalue weighted by atomic mass is 35.5. The Hall–Kier alpha value is -1.87. The van der Waals surface area contributed by atoms with Crippen molar-refractivity contribution in [2.24, 2.45) is 5.92 Å². The molecule has 4 heteroatoms. The van der Waals surface area contributed by atoms with E-state index < -0.39 is 11.8 Å². The van der Waals surface area contributed by atoms with Gasteiger partial charge in [0.15, 0.2) is 11.6 Å². The number of rotatable bonds is 3. The molecule has 0 aromatic heterocycles. The second-order valence-electron chi connectivity index (χ2n) is 4.83. The van der Waals surface area contributed by atoms with Crippen LogP contribution in [0.1, 0.15) is 17.9 Å². The summed E-state index contributed by atoms with van der Waals surface area (Å²) in [6, 6.07) is 13.9. The van der Waals surface area contributed by atoms with Gasteiger partial charge in [-0.1, -0.05) is 48.0 Å². The van der Waals surface area contributed by atoms with E-state index in [2.05, 4.69) is 0 Å². The zero-order chi connectivity index (χ0) is 14.1. The minimum Gasteiger partial charge on any atom is -0.422 e. The molecule has 1 saturated carbocycles. The fourth-order valence-electron chi connectivity index (χ4n) is 2.28. The molecular weight excluding hydrogens is 279 g/mol. The number of esters is 1. The van der Waals surface area contributed by atoms with Gasteiger partial charge in [0.05, 0.1) is 10.9 Å². The number of halogens is 2. The number of hydrogen-bond donors (Lipinski definition) is 0. The molecule has 3 rings (SSSR count). The van der Waals surface area contributed by atoms with Gasteiger partial charge in [-0.05, 0) is 30.0 Å². The van der Waals surface area contributed by atoms with Crippen LogP contribution in [0.15, 0.2) is 48.5 Å². The summed E-state index contributed by atoms with van der Waals surface area (Å²) in [5, 5.41) is 0.107. The minimum atomic E-state index is -0.622. The van der Waals surface area contributed by atoms with Crippen LogP contribution in [0.5, 0.6) is 5.75 Å². The Balaban J connectivity index is 1.70. The van der Waals surface area contributed by atoms with E-state index in [-0.39, 0.29) is 22.6 Å². The molecule has 0 heterocycles. The average Bonchev–Trinajstić information content (AvgIpc) is 3.24. The van der Waals surface area contributed by atoms with Gasteiger partial charge in [-0.15, -0.1) is 0 Å². The van der Waals surface area contributed by atoms with Gasteiger partial charge in [0.25, 0.3) is 0 Å². The molecule has 2 unspecified atom stereocenters. The highest BCUT2D eigenvalue weighted by molar-refractivity contribution is 6.32. The van der Waals surface area contributed by atoms with Crippen LogP contribution in [0.4, 0.5) is 4.39 Å². The van der Waals surface area contributed by atoms with E-state index in [4.69, 9.17) is 16.3 Å². The Bertz CT molecular complexity index is 622. The lowest BCUT2D eigenvalue weighted by Gasteiger charge is -2.07. The zero-order valence-electron chi connectivity index (χ0n) is 10.6. The van der Waals surface area contributed by atoms with Gasteiger partial charge < -0.3 is 4.74 Å². The van der Waals surface area contributed by atoms with Gasteiger partial charge >= 0.3 is 5.97 Å². The Morgan fingerprint density at radius 3 is 2.60 bits per heavy atom. The van der Waals surface area contributed by atoms with Crippen molar-refractivity contribution < 1.29 is 13.9 Å². The van der Waals surface area contributed by atoms with E-state index in [1.54, 1.807) is 0 Å². The van der Waals surface area contributed by atoms with E-state index >= 15 is 0 Å². The summed E-state index contributed by atoms with van der Waals surface area (Å²) < 4.78 is 18.7. The first-order valence-corrected chi connectivity index (χ1v) is 6.75. The standard InChI is InChI=1S/C16H12ClFO2/c17-13-7-4-8-14(18)15(13)20-16(19)12-9-11(12)10-5-2-1-3-6-10/h1-8,11-12H,9H2. The smallest absolute Gasteiger partial charge is 0.315 e. The van der Waals surface area contributed by atoms with Crippen molar-refractivity contribution in [1.82, 2.24) is 0 Å². The largest absolute Gasteiger partial charge is 0.422 e. The predicted molar refractivity (Wildman–Crippen MR) is 74.3 cm³/mol. The fourth-order valence-corrected chi connectivity index (χ4v) is 2.48. The molecule has 102 valence electrons. The minimum absolute atomic E-state index is 0.107. The molecule has 0 N–H and O–H groups in total. The van der Waals surface area contributed by atoms with Crippen molar-refractivity contribution in [3.63, 3.8) is 0 Å². The lowest BCUT2D eigenvalue weighted by atomic mass is 10.1. The van der Waals surface area contributed by atoms with Crippen LogP contribution in [-0.4, -0.2) is 5.97 Å². The van der Waals surface area contributed by atoms with E-state index in [0.717, 1.165) is 12.0 Å². The lowest BCUT2D eigenvalue weighted by Crippen LogP contribution is -2.12. The van der Waals surface area contributed by atoms with Gasteiger partial charge in [0.1, 0.15) is 0 Å². The second-order valence-corrected chi connectivity index (χ2v) is 5.24. The second kappa shape index (κ2) is 5.25. The first kappa shape index (κ1) is 13.1. The molecule has 2 aromatic carbocycles. The molecule has 0 spiro atoms.